The fourth-order valence-corrected chi connectivity index (χ4v) is 1.92. The van der Waals surface area contributed by atoms with Gasteiger partial charge in [0.05, 0.1) is 0 Å². The summed E-state index contributed by atoms with van der Waals surface area (Å²) in [6, 6.07) is 6.18. The van der Waals surface area contributed by atoms with Crippen molar-refractivity contribution in [2.75, 3.05) is 23.7 Å². The van der Waals surface area contributed by atoms with Gasteiger partial charge >= 0.3 is 0 Å². The second-order valence-electron chi connectivity index (χ2n) is 4.27. The Hall–Kier alpha value is -1.26. The van der Waals surface area contributed by atoms with E-state index in [9.17, 15) is 0 Å². The lowest BCUT2D eigenvalue weighted by molar-refractivity contribution is 0.642. The zero-order valence-electron chi connectivity index (χ0n) is 8.98. The van der Waals surface area contributed by atoms with Crippen molar-refractivity contribution in [1.82, 2.24) is 0 Å². The molecule has 0 aliphatic carbocycles. The van der Waals surface area contributed by atoms with Gasteiger partial charge in [-0.2, -0.15) is 0 Å². The average molecular weight is 206 g/mol. The van der Waals surface area contributed by atoms with Crippen molar-refractivity contribution in [3.05, 3.63) is 23.8 Å². The van der Waals surface area contributed by atoms with Crippen LogP contribution in [0.5, 0.6) is 0 Å². The lowest BCUT2D eigenvalue weighted by Crippen LogP contribution is -2.39. The van der Waals surface area contributed by atoms with E-state index in [2.05, 4.69) is 11.0 Å². The Kier molecular flexibility index (Phi) is 2.54. The van der Waals surface area contributed by atoms with Crippen LogP contribution < -0.4 is 22.1 Å². The van der Waals surface area contributed by atoms with Crippen LogP contribution in [0.2, 0.25) is 0 Å². The first-order valence-electron chi connectivity index (χ1n) is 5.20. The Morgan fingerprint density at radius 1 is 1.20 bits per heavy atom. The summed E-state index contributed by atoms with van der Waals surface area (Å²) in [6.07, 6.45) is 0. The molecule has 1 saturated heterocycles. The van der Waals surface area contributed by atoms with Gasteiger partial charge in [-0.3, -0.25) is 0 Å². The van der Waals surface area contributed by atoms with Crippen LogP contribution in [0.3, 0.4) is 0 Å². The highest BCUT2D eigenvalue weighted by Gasteiger charge is 2.27. The highest BCUT2D eigenvalue weighted by Crippen LogP contribution is 2.23. The summed E-state index contributed by atoms with van der Waals surface area (Å²) in [4.78, 5) is 2.21. The van der Waals surface area contributed by atoms with E-state index < -0.39 is 0 Å². The smallest absolute Gasteiger partial charge is 0.0388 e. The summed E-state index contributed by atoms with van der Waals surface area (Å²) in [7, 11) is 0. The number of nitrogens with zero attached hydrogens (tertiary/aromatic N) is 1. The highest BCUT2D eigenvalue weighted by atomic mass is 15.2. The maximum Gasteiger partial charge on any atom is 0.0388 e. The van der Waals surface area contributed by atoms with E-state index >= 15 is 0 Å². The zero-order valence-corrected chi connectivity index (χ0v) is 8.98. The van der Waals surface area contributed by atoms with E-state index in [-0.39, 0.29) is 12.1 Å². The number of aryl methyl sites for hydroxylation is 1. The summed E-state index contributed by atoms with van der Waals surface area (Å²) >= 11 is 0. The predicted octanol–water partition coefficient (Wildman–Crippen LogP) is 0.0518. The molecule has 1 fully saturated rings. The molecule has 2 rings (SSSR count). The minimum absolute atomic E-state index is 0.0721. The maximum atomic E-state index is 5.88. The lowest BCUT2D eigenvalue weighted by atomic mass is 10.2. The van der Waals surface area contributed by atoms with Gasteiger partial charge in [-0.1, -0.05) is 0 Å². The van der Waals surface area contributed by atoms with Gasteiger partial charge in [0.1, 0.15) is 0 Å². The highest BCUT2D eigenvalue weighted by molar-refractivity contribution is 5.58. The van der Waals surface area contributed by atoms with Crippen LogP contribution in [-0.2, 0) is 0 Å². The quantitative estimate of drug-likeness (QED) is 0.567. The summed E-state index contributed by atoms with van der Waals surface area (Å²) in [5, 5.41) is 0. The van der Waals surface area contributed by atoms with Crippen molar-refractivity contribution in [2.24, 2.45) is 11.5 Å². The number of nitrogens with two attached hydrogens (primary N) is 3. The zero-order chi connectivity index (χ0) is 11.0. The van der Waals surface area contributed by atoms with Gasteiger partial charge in [0, 0.05) is 36.5 Å². The molecule has 6 N–H and O–H groups in total. The molecule has 0 aromatic heterocycles. The molecule has 1 aliphatic heterocycles. The van der Waals surface area contributed by atoms with Gasteiger partial charge < -0.3 is 22.1 Å². The van der Waals surface area contributed by atoms with Gasteiger partial charge in [-0.25, -0.2) is 0 Å². The van der Waals surface area contributed by atoms with Crippen LogP contribution >= 0.6 is 0 Å². The molecule has 1 heterocycles. The molecule has 4 heteroatoms. The fourth-order valence-electron chi connectivity index (χ4n) is 1.92. The van der Waals surface area contributed by atoms with Crippen LogP contribution in [0, 0.1) is 6.92 Å². The maximum absolute atomic E-state index is 5.88. The van der Waals surface area contributed by atoms with E-state index in [1.807, 2.05) is 19.1 Å². The molecule has 0 radical (unpaired) electrons. The van der Waals surface area contributed by atoms with Gasteiger partial charge in [0.2, 0.25) is 0 Å². The monoisotopic (exact) mass is 206 g/mol. The van der Waals surface area contributed by atoms with Gasteiger partial charge in [-0.15, -0.1) is 0 Å². The minimum atomic E-state index is 0.0721. The van der Waals surface area contributed by atoms with Crippen LogP contribution in [0.1, 0.15) is 5.56 Å². The van der Waals surface area contributed by atoms with Gasteiger partial charge in [-0.05, 0) is 30.7 Å². The molecule has 0 amide bonds. The first-order valence-corrected chi connectivity index (χ1v) is 5.20. The second kappa shape index (κ2) is 3.72. The molecule has 4 nitrogen and oxygen atoms in total. The molecule has 2 unspecified atom stereocenters. The number of rotatable bonds is 1. The number of nitrogen functional groups attached to an aromatic ring is 1. The summed E-state index contributed by atoms with van der Waals surface area (Å²) in [6.45, 7) is 3.66. The van der Waals surface area contributed by atoms with Gasteiger partial charge in [0.25, 0.3) is 0 Å². The Bertz CT molecular complexity index is 354. The van der Waals surface area contributed by atoms with E-state index in [4.69, 9.17) is 17.2 Å². The topological polar surface area (TPSA) is 81.3 Å². The van der Waals surface area contributed by atoms with Crippen molar-refractivity contribution in [1.29, 1.82) is 0 Å². The molecule has 82 valence electrons. The third kappa shape index (κ3) is 1.91. The van der Waals surface area contributed by atoms with Crippen molar-refractivity contribution in [3.63, 3.8) is 0 Å². The standard InChI is InChI=1S/C11H18N4/c1-7-4-8(2-3-9(7)12)15-5-10(13)11(14)6-15/h2-4,10-11H,5-6,12-14H2,1H3. The molecule has 0 bridgehead atoms. The molecule has 2 atom stereocenters. The Morgan fingerprint density at radius 3 is 2.33 bits per heavy atom. The predicted molar refractivity (Wildman–Crippen MR) is 63.8 cm³/mol. The number of benzene rings is 1. The van der Waals surface area contributed by atoms with Crippen LogP contribution in [0.25, 0.3) is 0 Å². The summed E-state index contributed by atoms with van der Waals surface area (Å²) in [5.41, 5.74) is 20.6. The van der Waals surface area contributed by atoms with Crippen molar-refractivity contribution >= 4 is 11.4 Å². The molecule has 15 heavy (non-hydrogen) atoms. The second-order valence-corrected chi connectivity index (χ2v) is 4.27. The van der Waals surface area contributed by atoms with E-state index in [1.54, 1.807) is 0 Å². The third-order valence-electron chi connectivity index (χ3n) is 3.03. The van der Waals surface area contributed by atoms with Crippen LogP contribution in [0.4, 0.5) is 11.4 Å². The van der Waals surface area contributed by atoms with E-state index in [0.717, 1.165) is 30.0 Å². The van der Waals surface area contributed by atoms with Crippen molar-refractivity contribution < 1.29 is 0 Å². The lowest BCUT2D eigenvalue weighted by Gasteiger charge is -2.19. The Balaban J connectivity index is 2.20. The van der Waals surface area contributed by atoms with E-state index in [0.29, 0.717) is 0 Å². The largest absolute Gasteiger partial charge is 0.399 e. The normalized spacial score (nSPS) is 25.9. The Labute approximate surface area is 90.0 Å². The van der Waals surface area contributed by atoms with Gasteiger partial charge in [0.15, 0.2) is 0 Å². The van der Waals surface area contributed by atoms with Crippen molar-refractivity contribution in [2.45, 2.75) is 19.0 Å². The molecular weight excluding hydrogens is 188 g/mol. The number of anilines is 2. The molecular formula is C11H18N4. The third-order valence-corrected chi connectivity index (χ3v) is 3.03. The average Bonchev–Trinajstić information content (AvgIpc) is 2.52. The molecule has 1 aliphatic rings. The summed E-state index contributed by atoms with van der Waals surface area (Å²) < 4.78 is 0. The van der Waals surface area contributed by atoms with Crippen molar-refractivity contribution in [3.8, 4) is 0 Å². The molecule has 0 spiro atoms. The number of hydrogen-bond donors (Lipinski definition) is 3. The molecule has 1 aromatic rings. The first-order chi connectivity index (χ1) is 7.08. The SMILES string of the molecule is Cc1cc(N2CC(N)C(N)C2)ccc1N. The molecule has 1 aromatic carbocycles. The number of hydrogen-bond acceptors (Lipinski definition) is 4. The van der Waals surface area contributed by atoms with Crippen LogP contribution in [0.15, 0.2) is 18.2 Å². The van der Waals surface area contributed by atoms with E-state index in [1.165, 1.54) is 0 Å². The molecule has 0 saturated carbocycles. The first kappa shape index (κ1) is 10.3. The Morgan fingerprint density at radius 2 is 1.80 bits per heavy atom. The summed E-state index contributed by atoms with van der Waals surface area (Å²) in [5.74, 6) is 0. The fraction of sp³-hybridized carbons (Fsp3) is 0.455. The van der Waals surface area contributed by atoms with Crippen LogP contribution in [-0.4, -0.2) is 25.2 Å². The minimum Gasteiger partial charge on any atom is -0.399 e.